The Balaban J connectivity index is 4.23. The van der Waals surface area contributed by atoms with E-state index in [1.807, 2.05) is 0 Å². The summed E-state index contributed by atoms with van der Waals surface area (Å²) in [6, 6.07) is 0. The highest BCUT2D eigenvalue weighted by Gasteiger charge is 2.32. The Morgan fingerprint density at radius 1 is 1.27 bits per heavy atom. The molecule has 0 aliphatic heterocycles. The van der Waals surface area contributed by atoms with E-state index in [9.17, 15) is 14.4 Å². The van der Waals surface area contributed by atoms with Crippen molar-refractivity contribution in [2.24, 2.45) is 0 Å². The molecule has 0 aliphatic carbocycles. The second-order valence-corrected chi connectivity index (χ2v) is 2.56. The molecule has 0 fully saturated rings. The molecule has 0 heterocycles. The van der Waals surface area contributed by atoms with E-state index in [4.69, 9.17) is 15.3 Å². The summed E-state index contributed by atoms with van der Waals surface area (Å²) in [5.41, 5.74) is 0. The van der Waals surface area contributed by atoms with Crippen molar-refractivity contribution in [1.29, 1.82) is 0 Å². The smallest absolute Gasteiger partial charge is 0.179 e. The van der Waals surface area contributed by atoms with Crippen LogP contribution in [0.15, 0.2) is 0 Å². The fourth-order valence-corrected chi connectivity index (χ4v) is 0.750. The first kappa shape index (κ1) is 14.3. The van der Waals surface area contributed by atoms with Gasteiger partial charge in [-0.2, -0.15) is 4.89 Å². The number of aliphatic hydroxyl groups is 4. The number of aldehydes is 1. The average molecular weight is 230 g/mol. The van der Waals surface area contributed by atoms with Gasteiger partial charge in [0.05, 0.1) is 6.61 Å². The van der Waals surface area contributed by atoms with Gasteiger partial charge >= 0.3 is 0 Å². The third-order valence-electron chi connectivity index (χ3n) is 1.58. The molecule has 0 radical (unpaired) electrons. The van der Waals surface area contributed by atoms with Crippen LogP contribution in [0.5, 0.6) is 0 Å². The Morgan fingerprint density at radius 3 is 2.27 bits per heavy atom. The number of carbonyl (C=O) groups excluding carboxylic acids is 1. The zero-order chi connectivity index (χ0) is 11.8. The fourth-order valence-electron chi connectivity index (χ4n) is 0.750. The molecule has 0 bridgehead atoms. The monoisotopic (exact) mass is 230 g/mol. The highest BCUT2D eigenvalue weighted by atomic mass is 19.3. The maximum Gasteiger partial charge on any atom is 0.179 e. The van der Waals surface area contributed by atoms with E-state index in [0.29, 0.717) is 0 Å². The number of hydrogen-bond donors (Lipinski definition) is 4. The maximum atomic E-state index is 11.0. The van der Waals surface area contributed by atoms with Gasteiger partial charge in [-0.15, -0.1) is 0 Å². The van der Waals surface area contributed by atoms with Crippen molar-refractivity contribution < 1.29 is 44.8 Å². The number of aliphatic hydroxyl groups excluding tert-OH is 4. The van der Waals surface area contributed by atoms with Gasteiger partial charge in [-0.05, 0) is 9.56 Å². The summed E-state index contributed by atoms with van der Waals surface area (Å²) in [6.07, 6.45) is -7.26. The fraction of sp³-hybridized carbons (Fsp3) is 0.833. The SMILES string of the molecule is O=C[C@H](OOOF)[C@@H](O)[C@H](O)[C@H](O)CO. The first-order valence-corrected chi connectivity index (χ1v) is 3.79. The predicted molar refractivity (Wildman–Crippen MR) is 39.3 cm³/mol. The highest BCUT2D eigenvalue weighted by Crippen LogP contribution is 2.07. The number of halogens is 1. The number of hydrogen-bond acceptors (Lipinski definition) is 8. The lowest BCUT2D eigenvalue weighted by atomic mass is 10.0. The Labute approximate surface area is 83.2 Å². The minimum absolute atomic E-state index is 0.0169. The van der Waals surface area contributed by atoms with Crippen LogP contribution in [0, 0.1) is 0 Å². The predicted octanol–water partition coefficient (Wildman–Crippen LogP) is -2.61. The number of rotatable bonds is 8. The number of carbonyl (C=O) groups is 1. The van der Waals surface area contributed by atoms with Crippen LogP contribution in [-0.4, -0.2) is 57.7 Å². The molecule has 0 unspecified atom stereocenters. The van der Waals surface area contributed by atoms with Crippen molar-refractivity contribution in [1.82, 2.24) is 0 Å². The third-order valence-corrected chi connectivity index (χ3v) is 1.58. The average Bonchev–Trinajstić information content (AvgIpc) is 2.27. The molecule has 0 spiro atoms. The van der Waals surface area contributed by atoms with Crippen LogP contribution in [0.25, 0.3) is 0 Å². The van der Waals surface area contributed by atoms with Crippen molar-refractivity contribution in [3.8, 4) is 0 Å². The molecule has 0 saturated carbocycles. The van der Waals surface area contributed by atoms with Gasteiger partial charge in [0.1, 0.15) is 18.3 Å². The van der Waals surface area contributed by atoms with E-state index in [0.717, 1.165) is 0 Å². The van der Waals surface area contributed by atoms with Gasteiger partial charge in [-0.1, -0.05) is 0 Å². The van der Waals surface area contributed by atoms with Crippen LogP contribution in [0.2, 0.25) is 0 Å². The lowest BCUT2D eigenvalue weighted by molar-refractivity contribution is -0.595. The van der Waals surface area contributed by atoms with Gasteiger partial charge in [-0.25, -0.2) is 0 Å². The molecular weight excluding hydrogens is 219 g/mol. The summed E-state index contributed by atoms with van der Waals surface area (Å²) in [5, 5.41) is 41.3. The minimum atomic E-state index is -1.92. The standard InChI is InChI=1S/C6H11FO8/c7-14-15-13-4(2-9)6(12)5(11)3(10)1-8/h2-6,8,10-12H,1H2/t3-,4+,5-,6-/m1/s1. The molecule has 0 saturated heterocycles. The molecule has 4 atom stereocenters. The third kappa shape index (κ3) is 4.57. The van der Waals surface area contributed by atoms with Gasteiger partial charge in [-0.3, -0.25) is 0 Å². The maximum absolute atomic E-state index is 11.0. The van der Waals surface area contributed by atoms with Crippen LogP contribution in [0.3, 0.4) is 0 Å². The molecule has 0 rings (SSSR count). The Kier molecular flexibility index (Phi) is 7.25. The molecular formula is C6H11FO8. The molecule has 15 heavy (non-hydrogen) atoms. The summed E-state index contributed by atoms with van der Waals surface area (Å²) in [4.78, 5) is 14.1. The molecule has 0 aliphatic rings. The summed E-state index contributed by atoms with van der Waals surface area (Å²) >= 11 is 0. The molecule has 0 aromatic rings. The molecule has 90 valence electrons. The zero-order valence-corrected chi connectivity index (χ0v) is 7.39. The summed E-state index contributed by atoms with van der Waals surface area (Å²) in [5.74, 6) is 0. The Hall–Kier alpha value is -0.680. The van der Waals surface area contributed by atoms with E-state index >= 15 is 0 Å². The first-order chi connectivity index (χ1) is 7.08. The van der Waals surface area contributed by atoms with Gasteiger partial charge in [0.15, 0.2) is 12.4 Å². The normalized spacial score (nSPS) is 19.3. The van der Waals surface area contributed by atoms with E-state index < -0.39 is 31.0 Å². The van der Waals surface area contributed by atoms with Crippen molar-refractivity contribution in [3.63, 3.8) is 0 Å². The van der Waals surface area contributed by atoms with Gasteiger partial charge < -0.3 is 25.2 Å². The van der Waals surface area contributed by atoms with Crippen molar-refractivity contribution in [2.45, 2.75) is 24.4 Å². The van der Waals surface area contributed by atoms with Crippen LogP contribution in [0.4, 0.5) is 4.53 Å². The molecule has 0 aromatic carbocycles. The highest BCUT2D eigenvalue weighted by molar-refractivity contribution is 5.57. The molecule has 0 amide bonds. The first-order valence-electron chi connectivity index (χ1n) is 3.79. The molecule has 8 nitrogen and oxygen atoms in total. The summed E-state index contributed by atoms with van der Waals surface area (Å²) in [7, 11) is 0. The van der Waals surface area contributed by atoms with Crippen molar-refractivity contribution in [3.05, 3.63) is 0 Å². The van der Waals surface area contributed by atoms with Crippen LogP contribution in [0.1, 0.15) is 0 Å². The Morgan fingerprint density at radius 2 is 1.87 bits per heavy atom. The van der Waals surface area contributed by atoms with Gasteiger partial charge in [0.25, 0.3) is 0 Å². The Bertz CT molecular complexity index is 179. The lowest BCUT2D eigenvalue weighted by Crippen LogP contribution is -2.47. The van der Waals surface area contributed by atoms with Crippen LogP contribution in [-0.2, 0) is 19.8 Å². The summed E-state index contributed by atoms with van der Waals surface area (Å²) < 4.78 is 11.0. The second kappa shape index (κ2) is 7.59. The van der Waals surface area contributed by atoms with Crippen molar-refractivity contribution in [2.75, 3.05) is 6.61 Å². The van der Waals surface area contributed by atoms with Gasteiger partial charge in [0, 0.05) is 5.09 Å². The van der Waals surface area contributed by atoms with Crippen LogP contribution < -0.4 is 0 Å². The van der Waals surface area contributed by atoms with Crippen molar-refractivity contribution >= 4 is 6.29 Å². The topological polar surface area (TPSA) is 126 Å². The summed E-state index contributed by atoms with van der Waals surface area (Å²) in [6.45, 7) is -0.843. The van der Waals surface area contributed by atoms with Crippen LogP contribution >= 0.6 is 0 Å². The quantitative estimate of drug-likeness (QED) is 0.203. The van der Waals surface area contributed by atoms with Gasteiger partial charge in [0.2, 0.25) is 0 Å². The molecule has 4 N–H and O–H groups in total. The minimum Gasteiger partial charge on any atom is -0.394 e. The zero-order valence-electron chi connectivity index (χ0n) is 7.39. The van der Waals surface area contributed by atoms with E-state index in [1.165, 1.54) is 0 Å². The lowest BCUT2D eigenvalue weighted by Gasteiger charge is -2.23. The van der Waals surface area contributed by atoms with E-state index in [2.05, 4.69) is 15.0 Å². The molecule has 9 heteroatoms. The van der Waals surface area contributed by atoms with E-state index in [1.54, 1.807) is 0 Å². The van der Waals surface area contributed by atoms with E-state index in [-0.39, 0.29) is 6.29 Å². The molecule has 0 aromatic heterocycles. The second-order valence-electron chi connectivity index (χ2n) is 2.56. The largest absolute Gasteiger partial charge is 0.394 e.